The smallest absolute Gasteiger partial charge is 0.146 e. The lowest BCUT2D eigenvalue weighted by Crippen LogP contribution is -2.22. The first kappa shape index (κ1) is 36.2. The van der Waals surface area contributed by atoms with Gasteiger partial charge in [-0.25, -0.2) is 0 Å². The van der Waals surface area contributed by atoms with Crippen LogP contribution in [0.2, 0.25) is 0 Å². The van der Waals surface area contributed by atoms with Crippen molar-refractivity contribution in [1.82, 2.24) is 14.5 Å². The second-order valence-corrected chi connectivity index (χ2v) is 11.7. The third-order valence-electron chi connectivity index (χ3n) is 7.67. The van der Waals surface area contributed by atoms with Gasteiger partial charge in [0.15, 0.2) is 0 Å². The molecule has 0 saturated carbocycles. The topological polar surface area (TPSA) is 54.1 Å². The zero-order valence-corrected chi connectivity index (χ0v) is 29.4. The maximum atomic E-state index is 7.55. The number of para-hydroxylation sites is 1. The lowest BCUT2D eigenvalue weighted by molar-refractivity contribution is 0.419. The molecular formula is C40H50N4OS. The van der Waals surface area contributed by atoms with E-state index < -0.39 is 0 Å². The van der Waals surface area contributed by atoms with Crippen LogP contribution in [0.5, 0.6) is 11.5 Å². The zero-order chi connectivity index (χ0) is 33.3. The number of thioether (sulfide) groups is 1. The summed E-state index contributed by atoms with van der Waals surface area (Å²) in [6.07, 6.45) is 16.2. The Balaban J connectivity index is 0.000000373. The highest BCUT2D eigenvalue weighted by Gasteiger charge is 2.17. The predicted octanol–water partition coefficient (Wildman–Crippen LogP) is 11.0. The Hall–Kier alpha value is -4.29. The Kier molecular flexibility index (Phi) is 15.2. The number of allylic oxidation sites excluding steroid dienone is 5. The summed E-state index contributed by atoms with van der Waals surface area (Å²) < 4.78 is 8.65. The Morgan fingerprint density at radius 1 is 0.891 bits per heavy atom. The number of pyridine rings is 1. The zero-order valence-electron chi connectivity index (χ0n) is 28.5. The molecule has 5 rings (SSSR count). The van der Waals surface area contributed by atoms with Gasteiger partial charge in [0, 0.05) is 48.7 Å². The molecule has 5 nitrogen and oxygen atoms in total. The fourth-order valence-electron chi connectivity index (χ4n) is 5.01. The summed E-state index contributed by atoms with van der Waals surface area (Å²) in [5.41, 5.74) is 5.82. The average Bonchev–Trinajstić information content (AvgIpc) is 3.37. The lowest BCUT2D eigenvalue weighted by atomic mass is 10.0. The van der Waals surface area contributed by atoms with Crippen LogP contribution in [0.4, 0.5) is 0 Å². The van der Waals surface area contributed by atoms with Gasteiger partial charge in [0.25, 0.3) is 0 Å². The number of nitrogens with one attached hydrogen (secondary N) is 1. The van der Waals surface area contributed by atoms with Gasteiger partial charge >= 0.3 is 0 Å². The first-order valence-corrected chi connectivity index (χ1v) is 17.5. The van der Waals surface area contributed by atoms with E-state index in [-0.39, 0.29) is 0 Å². The van der Waals surface area contributed by atoms with Crippen molar-refractivity contribution in [2.75, 3.05) is 20.4 Å². The number of hydrogen-bond acceptors (Lipinski definition) is 4. The summed E-state index contributed by atoms with van der Waals surface area (Å²) in [6.45, 7) is 9.62. The predicted molar refractivity (Wildman–Crippen MR) is 200 cm³/mol. The first-order valence-electron chi connectivity index (χ1n) is 16.2. The van der Waals surface area contributed by atoms with Crippen LogP contribution in [-0.4, -0.2) is 40.6 Å². The number of rotatable bonds is 10. The largest absolute Gasteiger partial charge is 0.457 e. The first-order chi connectivity index (χ1) is 22.4. The summed E-state index contributed by atoms with van der Waals surface area (Å²) in [5.74, 6) is 2.80. The molecule has 0 fully saturated rings. The normalized spacial score (nSPS) is 12.1. The molecule has 0 unspecified atom stereocenters. The van der Waals surface area contributed by atoms with Crippen LogP contribution in [0, 0.1) is 11.3 Å². The van der Waals surface area contributed by atoms with Gasteiger partial charge in [0.1, 0.15) is 23.0 Å². The quantitative estimate of drug-likeness (QED) is 0.139. The van der Waals surface area contributed by atoms with Gasteiger partial charge in [-0.1, -0.05) is 95.2 Å². The molecule has 1 aliphatic carbocycles. The maximum Gasteiger partial charge on any atom is 0.146 e. The van der Waals surface area contributed by atoms with Crippen LogP contribution < -0.4 is 4.74 Å². The molecule has 0 amide bonds. The molecule has 0 bridgehead atoms. The summed E-state index contributed by atoms with van der Waals surface area (Å²) in [7, 11) is 3.66. The second-order valence-electron chi connectivity index (χ2n) is 10.9. The molecule has 0 radical (unpaired) electrons. The molecule has 0 saturated heterocycles. The Morgan fingerprint density at radius 2 is 1.59 bits per heavy atom. The van der Waals surface area contributed by atoms with E-state index in [2.05, 4.69) is 84.3 Å². The molecule has 2 heterocycles. The lowest BCUT2D eigenvalue weighted by Gasteiger charge is -2.20. The van der Waals surface area contributed by atoms with Crippen molar-refractivity contribution in [3.05, 3.63) is 132 Å². The van der Waals surface area contributed by atoms with Crippen molar-refractivity contribution in [3.63, 3.8) is 0 Å². The summed E-state index contributed by atoms with van der Waals surface area (Å²) in [4.78, 5) is 7.06. The van der Waals surface area contributed by atoms with E-state index in [0.717, 1.165) is 24.5 Å². The van der Waals surface area contributed by atoms with Gasteiger partial charge in [0.05, 0.1) is 0 Å². The van der Waals surface area contributed by atoms with Crippen LogP contribution >= 0.6 is 11.8 Å². The highest BCUT2D eigenvalue weighted by atomic mass is 32.2. The minimum Gasteiger partial charge on any atom is -0.457 e. The molecule has 0 aliphatic heterocycles. The number of amidine groups is 1. The molecular weight excluding hydrogens is 585 g/mol. The molecule has 0 spiro atoms. The molecule has 2 aromatic heterocycles. The van der Waals surface area contributed by atoms with Gasteiger partial charge in [0.2, 0.25) is 0 Å². The van der Waals surface area contributed by atoms with E-state index in [1.165, 1.54) is 40.3 Å². The van der Waals surface area contributed by atoms with Crippen molar-refractivity contribution in [2.24, 2.45) is 5.92 Å². The summed E-state index contributed by atoms with van der Waals surface area (Å²) >= 11 is 1.79. The molecule has 242 valence electrons. The molecule has 4 aromatic rings. The number of benzene rings is 2. The van der Waals surface area contributed by atoms with Gasteiger partial charge in [-0.15, -0.1) is 11.8 Å². The van der Waals surface area contributed by atoms with Crippen LogP contribution in [0.25, 0.3) is 16.8 Å². The standard InChI is InChI=1S/C30H33NOS.C8H11N3.C2H6/c1-4-23(5-2)22-31-29(24-11-10-16-28(33-3)18-17-24)19-20-30(31)25-12-9-15-27(21-25)32-26-13-7-6-8-14-26;1-11(2)8(9)7-5-3-4-6-10-7;1-2/h6-10,12-21,23H,4-5,11,22H2,1-3H3;3-6,9H,1-2H3;1-2H3. The molecule has 1 aliphatic rings. The maximum absolute atomic E-state index is 7.55. The number of aromatic nitrogens is 2. The van der Waals surface area contributed by atoms with E-state index in [9.17, 15) is 0 Å². The van der Waals surface area contributed by atoms with Crippen LogP contribution in [-0.2, 0) is 6.54 Å². The number of hydrogen-bond donors (Lipinski definition) is 1. The van der Waals surface area contributed by atoms with Crippen LogP contribution in [0.3, 0.4) is 0 Å². The third kappa shape index (κ3) is 10.4. The van der Waals surface area contributed by atoms with Crippen molar-refractivity contribution in [2.45, 2.75) is 53.5 Å². The molecule has 1 N–H and O–H groups in total. The van der Waals surface area contributed by atoms with Gasteiger partial charge in [-0.05, 0) is 78.8 Å². The highest BCUT2D eigenvalue weighted by Crippen LogP contribution is 2.34. The Labute approximate surface area is 281 Å². The Morgan fingerprint density at radius 3 is 2.24 bits per heavy atom. The fourth-order valence-corrected chi connectivity index (χ4v) is 5.45. The van der Waals surface area contributed by atoms with Crippen molar-refractivity contribution < 1.29 is 4.74 Å². The summed E-state index contributed by atoms with van der Waals surface area (Å²) in [6, 6.07) is 28.5. The molecule has 6 heteroatoms. The minimum absolute atomic E-state index is 0.436. The van der Waals surface area contributed by atoms with Crippen molar-refractivity contribution >= 4 is 23.2 Å². The molecule has 0 atom stereocenters. The van der Waals surface area contributed by atoms with E-state index in [1.807, 2.05) is 82.5 Å². The Bertz CT molecular complexity index is 1580. The van der Waals surface area contributed by atoms with Crippen molar-refractivity contribution in [1.29, 1.82) is 5.41 Å². The van der Waals surface area contributed by atoms with Gasteiger partial charge in [-0.2, -0.15) is 0 Å². The molecule has 46 heavy (non-hydrogen) atoms. The van der Waals surface area contributed by atoms with Crippen LogP contribution in [0.1, 0.15) is 58.3 Å². The van der Waals surface area contributed by atoms with E-state index in [1.54, 1.807) is 22.9 Å². The highest BCUT2D eigenvalue weighted by molar-refractivity contribution is 8.02. The average molecular weight is 635 g/mol. The minimum atomic E-state index is 0.436. The number of nitrogens with zero attached hydrogens (tertiary/aromatic N) is 3. The summed E-state index contributed by atoms with van der Waals surface area (Å²) in [5, 5.41) is 7.55. The number of ether oxygens (including phenoxy) is 1. The van der Waals surface area contributed by atoms with Crippen LogP contribution in [0.15, 0.2) is 120 Å². The fraction of sp³-hybridized carbons (Fsp3) is 0.300. The third-order valence-corrected chi connectivity index (χ3v) is 8.42. The van der Waals surface area contributed by atoms with E-state index in [4.69, 9.17) is 10.1 Å². The van der Waals surface area contributed by atoms with Gasteiger partial charge < -0.3 is 14.2 Å². The monoisotopic (exact) mass is 634 g/mol. The SMILES string of the molecule is CC.CCC(CC)Cn1c(C2=CC=C(SC)C=CC2)ccc1-c1cccc(Oc2ccccc2)c1.CN(C)C(=N)c1ccccn1. The van der Waals surface area contributed by atoms with Crippen molar-refractivity contribution in [3.8, 4) is 22.8 Å². The molecule has 2 aromatic carbocycles. The van der Waals surface area contributed by atoms with E-state index >= 15 is 0 Å². The van der Waals surface area contributed by atoms with E-state index in [0.29, 0.717) is 17.4 Å². The second kappa shape index (κ2) is 19.3. The van der Waals surface area contributed by atoms with Gasteiger partial charge in [-0.3, -0.25) is 10.4 Å².